The third kappa shape index (κ3) is 7.46. The predicted octanol–water partition coefficient (Wildman–Crippen LogP) is 0.735. The highest BCUT2D eigenvalue weighted by Crippen LogP contribution is 2.19. The van der Waals surface area contributed by atoms with Gasteiger partial charge in [-0.15, -0.1) is 0 Å². The van der Waals surface area contributed by atoms with Gasteiger partial charge in [-0.3, -0.25) is 9.79 Å². The van der Waals surface area contributed by atoms with E-state index < -0.39 is 9.84 Å². The van der Waals surface area contributed by atoms with E-state index in [9.17, 15) is 13.2 Å². The van der Waals surface area contributed by atoms with E-state index in [0.29, 0.717) is 25.3 Å². The van der Waals surface area contributed by atoms with Crippen molar-refractivity contribution in [1.29, 1.82) is 0 Å². The molecule has 1 aliphatic heterocycles. The van der Waals surface area contributed by atoms with Crippen LogP contribution in [-0.2, 0) is 14.6 Å². The Bertz CT molecular complexity index is 613. The molecular formula is C17H30N4O3S. The average Bonchev–Trinajstić information content (AvgIpc) is 2.93. The lowest BCUT2D eigenvalue weighted by Crippen LogP contribution is -2.41. The third-order valence-electron chi connectivity index (χ3n) is 4.59. The van der Waals surface area contributed by atoms with Crippen molar-refractivity contribution in [2.24, 2.45) is 4.99 Å². The molecule has 1 atom stereocenters. The summed E-state index contributed by atoms with van der Waals surface area (Å²) in [6.45, 7) is 1.30. The number of sulfone groups is 1. The standard InChI is InChI=1S/C17H30N4O3S/c1-18-17(19-10-7-14-5-3-2-4-6-14)20-11-8-16(22)21-15-9-12-25(23,24)13-15/h5,15H,2-4,6-13H2,1H3,(H,21,22)(H2,18,19,20). The number of carbonyl (C=O) groups excluding carboxylic acids is 1. The summed E-state index contributed by atoms with van der Waals surface area (Å²) < 4.78 is 22.8. The molecule has 0 aromatic carbocycles. The van der Waals surface area contributed by atoms with Gasteiger partial charge in [0, 0.05) is 32.6 Å². The molecule has 0 spiro atoms. The van der Waals surface area contributed by atoms with Crippen LogP contribution in [0.2, 0.25) is 0 Å². The highest BCUT2D eigenvalue weighted by atomic mass is 32.2. The molecule has 1 amide bonds. The molecule has 1 heterocycles. The lowest BCUT2D eigenvalue weighted by atomic mass is 9.97. The first-order valence-corrected chi connectivity index (χ1v) is 10.9. The van der Waals surface area contributed by atoms with Crippen LogP contribution >= 0.6 is 0 Å². The van der Waals surface area contributed by atoms with E-state index >= 15 is 0 Å². The van der Waals surface area contributed by atoms with Crippen LogP contribution in [0, 0.1) is 0 Å². The maximum absolute atomic E-state index is 11.9. The number of hydrogen-bond donors (Lipinski definition) is 3. The second-order valence-electron chi connectivity index (χ2n) is 6.70. The van der Waals surface area contributed by atoms with Crippen molar-refractivity contribution in [2.45, 2.75) is 51.0 Å². The summed E-state index contributed by atoms with van der Waals surface area (Å²) in [5.74, 6) is 0.791. The first-order valence-electron chi connectivity index (χ1n) is 9.11. The van der Waals surface area contributed by atoms with Gasteiger partial charge in [0.25, 0.3) is 0 Å². The van der Waals surface area contributed by atoms with Gasteiger partial charge >= 0.3 is 0 Å². The number of allylic oxidation sites excluding steroid dienone is 1. The SMILES string of the molecule is CN=C(NCCC(=O)NC1CCS(=O)(=O)C1)NCCC1=CCCCC1. The molecule has 1 saturated heterocycles. The quantitative estimate of drug-likeness (QED) is 0.349. The van der Waals surface area contributed by atoms with Gasteiger partial charge in [-0.2, -0.15) is 0 Å². The van der Waals surface area contributed by atoms with Crippen molar-refractivity contribution in [3.63, 3.8) is 0 Å². The van der Waals surface area contributed by atoms with Crippen LogP contribution in [0.3, 0.4) is 0 Å². The van der Waals surface area contributed by atoms with E-state index in [1.807, 2.05) is 0 Å². The Kier molecular flexibility index (Phi) is 7.74. The monoisotopic (exact) mass is 370 g/mol. The molecule has 1 fully saturated rings. The van der Waals surface area contributed by atoms with Crippen molar-refractivity contribution in [1.82, 2.24) is 16.0 Å². The Hall–Kier alpha value is -1.57. The summed E-state index contributed by atoms with van der Waals surface area (Å²) in [5, 5.41) is 9.17. The summed E-state index contributed by atoms with van der Waals surface area (Å²) in [6, 6.07) is -0.237. The topological polar surface area (TPSA) is 99.7 Å². The summed E-state index contributed by atoms with van der Waals surface area (Å²) in [6.07, 6.45) is 9.16. The summed E-state index contributed by atoms with van der Waals surface area (Å²) in [7, 11) is -1.26. The highest BCUT2D eigenvalue weighted by Gasteiger charge is 2.28. The Morgan fingerprint density at radius 2 is 2.08 bits per heavy atom. The molecule has 1 unspecified atom stereocenters. The first kappa shape index (κ1) is 19.8. The molecule has 2 rings (SSSR count). The van der Waals surface area contributed by atoms with E-state index in [1.54, 1.807) is 7.05 Å². The second kappa shape index (κ2) is 9.79. The van der Waals surface area contributed by atoms with E-state index in [1.165, 1.54) is 31.3 Å². The van der Waals surface area contributed by atoms with Crippen LogP contribution in [0.15, 0.2) is 16.6 Å². The molecule has 0 aromatic heterocycles. The number of rotatable bonds is 7. The maximum atomic E-state index is 11.9. The van der Waals surface area contributed by atoms with Gasteiger partial charge in [-0.05, 0) is 38.5 Å². The number of hydrogen-bond acceptors (Lipinski definition) is 4. The van der Waals surface area contributed by atoms with Gasteiger partial charge in [0.2, 0.25) is 5.91 Å². The van der Waals surface area contributed by atoms with Crippen LogP contribution < -0.4 is 16.0 Å². The van der Waals surface area contributed by atoms with E-state index in [-0.39, 0.29) is 23.5 Å². The Labute approximate surface area is 150 Å². The molecule has 0 bridgehead atoms. The number of aliphatic imine (C=N–C) groups is 1. The van der Waals surface area contributed by atoms with E-state index in [2.05, 4.69) is 27.0 Å². The van der Waals surface area contributed by atoms with Gasteiger partial charge < -0.3 is 16.0 Å². The number of nitrogens with zero attached hydrogens (tertiary/aromatic N) is 1. The summed E-state index contributed by atoms with van der Waals surface area (Å²) in [4.78, 5) is 16.0. The molecule has 142 valence electrons. The molecule has 1 aliphatic carbocycles. The third-order valence-corrected chi connectivity index (χ3v) is 6.36. The zero-order valence-electron chi connectivity index (χ0n) is 15.0. The zero-order valence-corrected chi connectivity index (χ0v) is 15.8. The lowest BCUT2D eigenvalue weighted by Gasteiger charge is -2.15. The molecule has 3 N–H and O–H groups in total. The minimum atomic E-state index is -2.96. The Morgan fingerprint density at radius 1 is 1.28 bits per heavy atom. The molecule has 0 radical (unpaired) electrons. The Balaban J connectivity index is 1.58. The summed E-state index contributed by atoms with van der Waals surface area (Å²) in [5.41, 5.74) is 1.51. The minimum absolute atomic E-state index is 0.0608. The van der Waals surface area contributed by atoms with Gasteiger partial charge in [0.05, 0.1) is 11.5 Å². The minimum Gasteiger partial charge on any atom is -0.356 e. The highest BCUT2D eigenvalue weighted by molar-refractivity contribution is 7.91. The number of nitrogens with one attached hydrogen (secondary N) is 3. The largest absolute Gasteiger partial charge is 0.356 e. The van der Waals surface area contributed by atoms with Crippen LogP contribution in [0.1, 0.15) is 44.9 Å². The van der Waals surface area contributed by atoms with Crippen molar-refractivity contribution >= 4 is 21.7 Å². The van der Waals surface area contributed by atoms with E-state index in [4.69, 9.17) is 0 Å². The zero-order chi connectivity index (χ0) is 18.1. The summed E-state index contributed by atoms with van der Waals surface area (Å²) >= 11 is 0. The second-order valence-corrected chi connectivity index (χ2v) is 8.93. The fourth-order valence-electron chi connectivity index (χ4n) is 3.20. The van der Waals surface area contributed by atoms with Gasteiger partial charge in [-0.1, -0.05) is 11.6 Å². The number of carbonyl (C=O) groups is 1. The van der Waals surface area contributed by atoms with Crippen molar-refractivity contribution in [3.8, 4) is 0 Å². The maximum Gasteiger partial charge on any atom is 0.222 e. The number of amides is 1. The molecule has 8 heteroatoms. The van der Waals surface area contributed by atoms with Crippen molar-refractivity contribution in [2.75, 3.05) is 31.6 Å². The van der Waals surface area contributed by atoms with Crippen LogP contribution in [0.25, 0.3) is 0 Å². The van der Waals surface area contributed by atoms with E-state index in [0.717, 1.165) is 13.0 Å². The molecular weight excluding hydrogens is 340 g/mol. The number of guanidine groups is 1. The fraction of sp³-hybridized carbons (Fsp3) is 0.765. The van der Waals surface area contributed by atoms with Crippen LogP contribution in [0.4, 0.5) is 0 Å². The molecule has 0 saturated carbocycles. The smallest absolute Gasteiger partial charge is 0.222 e. The molecule has 0 aromatic rings. The average molecular weight is 371 g/mol. The van der Waals surface area contributed by atoms with Crippen LogP contribution in [-0.4, -0.2) is 58.0 Å². The molecule has 25 heavy (non-hydrogen) atoms. The van der Waals surface area contributed by atoms with Crippen LogP contribution in [0.5, 0.6) is 0 Å². The lowest BCUT2D eigenvalue weighted by molar-refractivity contribution is -0.121. The normalized spacial score (nSPS) is 23.0. The van der Waals surface area contributed by atoms with Crippen molar-refractivity contribution < 1.29 is 13.2 Å². The van der Waals surface area contributed by atoms with Crippen molar-refractivity contribution in [3.05, 3.63) is 11.6 Å². The van der Waals surface area contributed by atoms with Gasteiger partial charge in [0.15, 0.2) is 15.8 Å². The molecule has 7 nitrogen and oxygen atoms in total. The predicted molar refractivity (Wildman–Crippen MR) is 100 cm³/mol. The van der Waals surface area contributed by atoms with Gasteiger partial charge in [-0.25, -0.2) is 8.42 Å². The first-order chi connectivity index (χ1) is 12.0. The molecule has 2 aliphatic rings. The van der Waals surface area contributed by atoms with Gasteiger partial charge in [0.1, 0.15) is 0 Å². The fourth-order valence-corrected chi connectivity index (χ4v) is 4.87. The Morgan fingerprint density at radius 3 is 2.72 bits per heavy atom.